The molecule has 8 nitrogen and oxygen atoms in total. The predicted octanol–water partition coefficient (Wildman–Crippen LogP) is 2.29. The third kappa shape index (κ3) is 4.32. The van der Waals surface area contributed by atoms with E-state index < -0.39 is 5.60 Å². The van der Waals surface area contributed by atoms with Crippen LogP contribution in [0.15, 0.2) is 35.4 Å². The van der Waals surface area contributed by atoms with E-state index in [1.165, 1.54) is 10.6 Å². The summed E-state index contributed by atoms with van der Waals surface area (Å²) in [5.74, 6) is 0.565. The number of pyridine rings is 1. The molecule has 1 unspecified atom stereocenters. The highest BCUT2D eigenvalue weighted by atomic mass is 16.6. The van der Waals surface area contributed by atoms with Gasteiger partial charge in [0.05, 0.1) is 11.7 Å². The molecule has 1 aliphatic heterocycles. The van der Waals surface area contributed by atoms with Gasteiger partial charge in [-0.1, -0.05) is 0 Å². The first kappa shape index (κ1) is 19.9. The number of hydrogen-bond acceptors (Lipinski definition) is 6. The van der Waals surface area contributed by atoms with E-state index in [1.54, 1.807) is 24.3 Å². The molecule has 0 aliphatic carbocycles. The van der Waals surface area contributed by atoms with E-state index in [0.717, 1.165) is 12.0 Å². The number of likely N-dealkylation sites (N-methyl/N-ethyl adjacent to an activating group) is 1. The van der Waals surface area contributed by atoms with Crippen LogP contribution in [0.3, 0.4) is 0 Å². The monoisotopic (exact) mass is 385 g/mol. The molecular formula is C20H27N5O3. The van der Waals surface area contributed by atoms with E-state index in [2.05, 4.69) is 4.98 Å². The van der Waals surface area contributed by atoms with Crippen molar-refractivity contribution in [2.24, 2.45) is 7.05 Å². The highest BCUT2D eigenvalue weighted by molar-refractivity contribution is 5.68. The van der Waals surface area contributed by atoms with Gasteiger partial charge in [-0.2, -0.15) is 0 Å². The number of nitrogens with zero attached hydrogens (tertiary/aromatic N) is 5. The normalized spacial score (nSPS) is 16.9. The number of carbonyl (C=O) groups excluding carboxylic acids is 1. The van der Waals surface area contributed by atoms with Crippen LogP contribution < -0.4 is 10.5 Å². The van der Waals surface area contributed by atoms with Crippen molar-refractivity contribution < 1.29 is 9.53 Å². The van der Waals surface area contributed by atoms with E-state index in [4.69, 9.17) is 9.72 Å². The van der Waals surface area contributed by atoms with Crippen molar-refractivity contribution in [2.45, 2.75) is 38.8 Å². The average Bonchev–Trinajstić information content (AvgIpc) is 3.13. The van der Waals surface area contributed by atoms with Gasteiger partial charge in [-0.25, -0.2) is 9.78 Å². The highest BCUT2D eigenvalue weighted by Gasteiger charge is 2.33. The zero-order chi connectivity index (χ0) is 20.5. The molecule has 0 spiro atoms. The van der Waals surface area contributed by atoms with Gasteiger partial charge in [-0.05, 0) is 39.3 Å². The molecule has 1 aliphatic rings. The van der Waals surface area contributed by atoms with Crippen molar-refractivity contribution >= 4 is 12.0 Å². The molecule has 1 amide bonds. The van der Waals surface area contributed by atoms with Crippen molar-refractivity contribution in [3.63, 3.8) is 0 Å². The minimum absolute atomic E-state index is 0.0540. The van der Waals surface area contributed by atoms with Crippen molar-refractivity contribution in [1.29, 1.82) is 0 Å². The van der Waals surface area contributed by atoms with Gasteiger partial charge in [0.25, 0.3) is 5.56 Å². The minimum atomic E-state index is -0.522. The minimum Gasteiger partial charge on any atom is -0.444 e. The van der Waals surface area contributed by atoms with Crippen LogP contribution in [0.4, 0.5) is 10.7 Å². The largest absolute Gasteiger partial charge is 0.444 e. The molecule has 1 fully saturated rings. The molecule has 0 saturated carbocycles. The van der Waals surface area contributed by atoms with Crippen LogP contribution in [0.2, 0.25) is 0 Å². The Bertz CT molecular complexity index is 904. The molecule has 1 atom stereocenters. The Labute approximate surface area is 164 Å². The van der Waals surface area contributed by atoms with Crippen LogP contribution in [0, 0.1) is 0 Å². The number of aromatic nitrogens is 3. The number of ether oxygens (including phenoxy) is 1. The number of anilines is 1. The molecule has 0 N–H and O–H groups in total. The molecule has 2 aromatic heterocycles. The lowest BCUT2D eigenvalue weighted by Crippen LogP contribution is -2.41. The smallest absolute Gasteiger partial charge is 0.410 e. The number of hydrogen-bond donors (Lipinski definition) is 0. The molecule has 2 aromatic rings. The summed E-state index contributed by atoms with van der Waals surface area (Å²) >= 11 is 0. The van der Waals surface area contributed by atoms with Gasteiger partial charge in [0.2, 0.25) is 5.95 Å². The number of likely N-dealkylation sites (tertiary alicyclic amines) is 1. The molecule has 150 valence electrons. The average molecular weight is 385 g/mol. The van der Waals surface area contributed by atoms with Gasteiger partial charge in [0.15, 0.2) is 0 Å². The van der Waals surface area contributed by atoms with Gasteiger partial charge in [0, 0.05) is 51.2 Å². The summed E-state index contributed by atoms with van der Waals surface area (Å²) in [5, 5.41) is 0. The standard InChI is InChI=1S/C20H27N5O3/c1-20(2,3)28-19(27)25-11-8-15(13-25)23(4)18-22-16(12-17(26)24(18)5)14-6-9-21-10-7-14/h6-7,9-10,12,15H,8,11,13H2,1-5H3. The molecular weight excluding hydrogens is 358 g/mol. The summed E-state index contributed by atoms with van der Waals surface area (Å²) in [6.07, 6.45) is 3.82. The molecule has 0 radical (unpaired) electrons. The lowest BCUT2D eigenvalue weighted by molar-refractivity contribution is 0.0292. The maximum absolute atomic E-state index is 12.5. The first-order valence-electron chi connectivity index (χ1n) is 9.35. The molecule has 0 aromatic carbocycles. The SMILES string of the molecule is CN(c1nc(-c2ccncc2)cc(=O)n1C)C1CCN(C(=O)OC(C)(C)C)C1. The Kier molecular flexibility index (Phi) is 5.40. The fraction of sp³-hybridized carbons (Fsp3) is 0.500. The number of carbonyl (C=O) groups is 1. The Morgan fingerprint density at radius 1 is 1.29 bits per heavy atom. The van der Waals surface area contributed by atoms with Crippen molar-refractivity contribution in [3.8, 4) is 11.3 Å². The summed E-state index contributed by atoms with van der Waals surface area (Å²) in [5.41, 5.74) is 0.787. The van der Waals surface area contributed by atoms with Gasteiger partial charge >= 0.3 is 6.09 Å². The summed E-state index contributed by atoms with van der Waals surface area (Å²) in [7, 11) is 3.61. The Morgan fingerprint density at radius 3 is 2.61 bits per heavy atom. The summed E-state index contributed by atoms with van der Waals surface area (Å²) in [4.78, 5) is 37.2. The Balaban J connectivity index is 1.81. The topological polar surface area (TPSA) is 80.6 Å². The lowest BCUT2D eigenvalue weighted by Gasteiger charge is -2.28. The fourth-order valence-electron chi connectivity index (χ4n) is 3.23. The predicted molar refractivity (Wildman–Crippen MR) is 107 cm³/mol. The van der Waals surface area contributed by atoms with Crippen molar-refractivity contribution in [1.82, 2.24) is 19.4 Å². The van der Waals surface area contributed by atoms with Crippen LogP contribution >= 0.6 is 0 Å². The molecule has 8 heteroatoms. The van der Waals surface area contributed by atoms with Gasteiger partial charge in [0.1, 0.15) is 5.60 Å². The summed E-state index contributed by atoms with van der Waals surface area (Å²) in [6.45, 7) is 6.71. The first-order valence-corrected chi connectivity index (χ1v) is 9.35. The van der Waals surface area contributed by atoms with Crippen LogP contribution in [-0.2, 0) is 11.8 Å². The van der Waals surface area contributed by atoms with Crippen molar-refractivity contribution in [3.05, 3.63) is 40.9 Å². The third-order valence-corrected chi connectivity index (χ3v) is 4.77. The van der Waals surface area contributed by atoms with E-state index >= 15 is 0 Å². The second-order valence-electron chi connectivity index (χ2n) is 8.05. The molecule has 0 bridgehead atoms. The van der Waals surface area contributed by atoms with Crippen molar-refractivity contribution in [2.75, 3.05) is 25.0 Å². The number of rotatable bonds is 3. The molecule has 28 heavy (non-hydrogen) atoms. The zero-order valence-electron chi connectivity index (χ0n) is 17.0. The summed E-state index contributed by atoms with van der Waals surface area (Å²) in [6, 6.07) is 5.23. The second kappa shape index (κ2) is 7.61. The van der Waals surface area contributed by atoms with E-state index in [0.29, 0.717) is 24.7 Å². The first-order chi connectivity index (χ1) is 13.2. The fourth-order valence-corrected chi connectivity index (χ4v) is 3.23. The Hall–Kier alpha value is -2.90. The maximum atomic E-state index is 12.5. The molecule has 3 heterocycles. The second-order valence-corrected chi connectivity index (χ2v) is 8.05. The lowest BCUT2D eigenvalue weighted by atomic mass is 10.2. The highest BCUT2D eigenvalue weighted by Crippen LogP contribution is 2.23. The van der Waals surface area contributed by atoms with Crippen LogP contribution in [0.1, 0.15) is 27.2 Å². The van der Waals surface area contributed by atoms with Crippen LogP contribution in [0.5, 0.6) is 0 Å². The quantitative estimate of drug-likeness (QED) is 0.806. The molecule has 3 rings (SSSR count). The zero-order valence-corrected chi connectivity index (χ0v) is 17.0. The van der Waals surface area contributed by atoms with E-state index in [1.807, 2.05) is 44.9 Å². The van der Waals surface area contributed by atoms with Crippen LogP contribution in [-0.4, -0.2) is 57.3 Å². The van der Waals surface area contributed by atoms with E-state index in [-0.39, 0.29) is 17.7 Å². The Morgan fingerprint density at radius 2 is 1.96 bits per heavy atom. The van der Waals surface area contributed by atoms with Gasteiger partial charge in [-0.3, -0.25) is 14.3 Å². The summed E-state index contributed by atoms with van der Waals surface area (Å²) < 4.78 is 7.00. The van der Waals surface area contributed by atoms with Crippen LogP contribution in [0.25, 0.3) is 11.3 Å². The van der Waals surface area contributed by atoms with Gasteiger partial charge < -0.3 is 14.5 Å². The maximum Gasteiger partial charge on any atom is 0.410 e. The molecule has 1 saturated heterocycles. The third-order valence-electron chi connectivity index (χ3n) is 4.77. The number of amides is 1. The van der Waals surface area contributed by atoms with E-state index in [9.17, 15) is 9.59 Å². The van der Waals surface area contributed by atoms with Gasteiger partial charge in [-0.15, -0.1) is 0 Å².